The Morgan fingerprint density at radius 1 is 1.14 bits per heavy atom. The molecule has 0 aliphatic heterocycles. The van der Waals surface area contributed by atoms with Gasteiger partial charge in [-0.2, -0.15) is 0 Å². The van der Waals surface area contributed by atoms with Crippen molar-refractivity contribution >= 4 is 21.6 Å². The smallest absolute Gasteiger partial charge is 0.123 e. The molecule has 106 valence electrons. The molecule has 3 rings (SSSR count). The topological polar surface area (TPSA) is 40.7 Å². The predicted molar refractivity (Wildman–Crippen MR) is 85.5 cm³/mol. The van der Waals surface area contributed by atoms with E-state index in [0.29, 0.717) is 6.54 Å². The van der Waals surface area contributed by atoms with Gasteiger partial charge in [-0.05, 0) is 41.5 Å². The van der Waals surface area contributed by atoms with E-state index >= 15 is 0 Å². The van der Waals surface area contributed by atoms with Crippen molar-refractivity contribution in [3.05, 3.63) is 70.8 Å². The SMILES string of the molecule is Fc1ccc(Br)c(CNc2ccc(-c3cnc[nH]3)cc2)c1. The zero-order valence-electron chi connectivity index (χ0n) is 11.1. The van der Waals surface area contributed by atoms with Crippen LogP contribution in [-0.4, -0.2) is 9.97 Å². The summed E-state index contributed by atoms with van der Waals surface area (Å²) in [7, 11) is 0. The van der Waals surface area contributed by atoms with E-state index < -0.39 is 0 Å². The first-order valence-corrected chi connectivity index (χ1v) is 7.28. The highest BCUT2D eigenvalue weighted by atomic mass is 79.9. The Kier molecular flexibility index (Phi) is 4.01. The molecule has 0 atom stereocenters. The van der Waals surface area contributed by atoms with Crippen LogP contribution < -0.4 is 5.32 Å². The van der Waals surface area contributed by atoms with E-state index in [1.807, 2.05) is 24.3 Å². The van der Waals surface area contributed by atoms with Crippen molar-refractivity contribution in [3.8, 4) is 11.3 Å². The van der Waals surface area contributed by atoms with Gasteiger partial charge in [0.2, 0.25) is 0 Å². The summed E-state index contributed by atoms with van der Waals surface area (Å²) in [6, 6.07) is 12.7. The Labute approximate surface area is 130 Å². The molecular formula is C16H13BrFN3. The summed E-state index contributed by atoms with van der Waals surface area (Å²) in [4.78, 5) is 7.07. The van der Waals surface area contributed by atoms with Crippen LogP contribution in [0.25, 0.3) is 11.3 Å². The molecule has 0 saturated heterocycles. The van der Waals surface area contributed by atoms with Gasteiger partial charge in [0, 0.05) is 16.7 Å². The van der Waals surface area contributed by atoms with Crippen LogP contribution in [0.2, 0.25) is 0 Å². The quantitative estimate of drug-likeness (QED) is 0.725. The zero-order chi connectivity index (χ0) is 14.7. The molecule has 3 aromatic rings. The van der Waals surface area contributed by atoms with Crippen LogP contribution in [0, 0.1) is 5.82 Å². The molecule has 1 aromatic heterocycles. The number of anilines is 1. The highest BCUT2D eigenvalue weighted by Gasteiger charge is 2.03. The molecular weight excluding hydrogens is 333 g/mol. The molecule has 0 aliphatic rings. The molecule has 0 unspecified atom stereocenters. The number of imidazole rings is 1. The maximum atomic E-state index is 13.2. The van der Waals surface area contributed by atoms with Crippen molar-refractivity contribution in [2.45, 2.75) is 6.54 Å². The minimum atomic E-state index is -0.232. The summed E-state index contributed by atoms with van der Waals surface area (Å²) >= 11 is 3.42. The van der Waals surface area contributed by atoms with E-state index in [-0.39, 0.29) is 5.82 Å². The molecule has 5 heteroatoms. The van der Waals surface area contributed by atoms with Gasteiger partial charge in [0.1, 0.15) is 5.82 Å². The Bertz CT molecular complexity index is 724. The van der Waals surface area contributed by atoms with E-state index in [2.05, 4.69) is 31.2 Å². The Balaban J connectivity index is 1.70. The number of rotatable bonds is 4. The van der Waals surface area contributed by atoms with Crippen molar-refractivity contribution in [2.75, 3.05) is 5.32 Å². The first kappa shape index (κ1) is 13.8. The lowest BCUT2D eigenvalue weighted by molar-refractivity contribution is 0.625. The summed E-state index contributed by atoms with van der Waals surface area (Å²) in [5, 5.41) is 3.28. The fraction of sp³-hybridized carbons (Fsp3) is 0.0625. The average Bonchev–Trinajstić information content (AvgIpc) is 3.03. The maximum absolute atomic E-state index is 13.2. The van der Waals surface area contributed by atoms with Gasteiger partial charge in [-0.1, -0.05) is 28.1 Å². The Hall–Kier alpha value is -2.14. The van der Waals surface area contributed by atoms with Crippen LogP contribution in [0.4, 0.5) is 10.1 Å². The van der Waals surface area contributed by atoms with Gasteiger partial charge in [0.25, 0.3) is 0 Å². The summed E-state index contributed by atoms with van der Waals surface area (Å²) < 4.78 is 14.1. The fourth-order valence-electron chi connectivity index (χ4n) is 2.06. The maximum Gasteiger partial charge on any atom is 0.123 e. The van der Waals surface area contributed by atoms with Gasteiger partial charge >= 0.3 is 0 Å². The van der Waals surface area contributed by atoms with Gasteiger partial charge in [0.15, 0.2) is 0 Å². The van der Waals surface area contributed by atoms with E-state index in [1.54, 1.807) is 18.6 Å². The van der Waals surface area contributed by atoms with Crippen LogP contribution >= 0.6 is 15.9 Å². The Morgan fingerprint density at radius 2 is 1.95 bits per heavy atom. The third-order valence-corrected chi connectivity index (χ3v) is 3.96. The Morgan fingerprint density at radius 3 is 2.67 bits per heavy atom. The average molecular weight is 346 g/mol. The number of H-pyrrole nitrogens is 1. The van der Waals surface area contributed by atoms with Crippen LogP contribution in [0.1, 0.15) is 5.56 Å². The van der Waals surface area contributed by atoms with Crippen LogP contribution in [0.5, 0.6) is 0 Å². The van der Waals surface area contributed by atoms with Gasteiger partial charge in [-0.25, -0.2) is 9.37 Å². The molecule has 1 heterocycles. The van der Waals surface area contributed by atoms with Gasteiger partial charge in [0.05, 0.1) is 18.2 Å². The van der Waals surface area contributed by atoms with Gasteiger partial charge in [-0.3, -0.25) is 0 Å². The summed E-state index contributed by atoms with van der Waals surface area (Å²) in [6.07, 6.45) is 3.44. The second kappa shape index (κ2) is 6.10. The number of halogens is 2. The highest BCUT2D eigenvalue weighted by Crippen LogP contribution is 2.21. The number of nitrogens with one attached hydrogen (secondary N) is 2. The number of benzene rings is 2. The molecule has 2 aromatic carbocycles. The predicted octanol–water partition coefficient (Wildman–Crippen LogP) is 4.59. The molecule has 2 N–H and O–H groups in total. The molecule has 0 aliphatic carbocycles. The summed E-state index contributed by atoms with van der Waals surface area (Å²) in [5.41, 5.74) is 3.92. The molecule has 0 bridgehead atoms. The van der Waals surface area contributed by atoms with E-state index in [1.165, 1.54) is 12.1 Å². The van der Waals surface area contributed by atoms with Crippen molar-refractivity contribution in [2.24, 2.45) is 0 Å². The number of aromatic amines is 1. The third-order valence-electron chi connectivity index (χ3n) is 3.18. The lowest BCUT2D eigenvalue weighted by atomic mass is 10.1. The third kappa shape index (κ3) is 3.31. The van der Waals surface area contributed by atoms with E-state index in [4.69, 9.17) is 0 Å². The van der Waals surface area contributed by atoms with Crippen LogP contribution in [-0.2, 0) is 6.54 Å². The second-order valence-electron chi connectivity index (χ2n) is 4.63. The molecule has 0 fully saturated rings. The zero-order valence-corrected chi connectivity index (χ0v) is 12.7. The molecule has 21 heavy (non-hydrogen) atoms. The van der Waals surface area contributed by atoms with Crippen LogP contribution in [0.3, 0.4) is 0 Å². The summed E-state index contributed by atoms with van der Waals surface area (Å²) in [5.74, 6) is -0.232. The summed E-state index contributed by atoms with van der Waals surface area (Å²) in [6.45, 7) is 0.557. The van der Waals surface area contributed by atoms with Crippen LogP contribution in [0.15, 0.2) is 59.5 Å². The lowest BCUT2D eigenvalue weighted by Gasteiger charge is -2.09. The molecule has 0 spiro atoms. The number of nitrogens with zero attached hydrogens (tertiary/aromatic N) is 1. The van der Waals surface area contributed by atoms with E-state index in [0.717, 1.165) is 27.0 Å². The molecule has 0 saturated carbocycles. The van der Waals surface area contributed by atoms with Crippen molar-refractivity contribution in [1.82, 2.24) is 9.97 Å². The highest BCUT2D eigenvalue weighted by molar-refractivity contribution is 9.10. The first-order chi connectivity index (χ1) is 10.2. The normalized spacial score (nSPS) is 10.6. The molecule has 0 radical (unpaired) electrons. The van der Waals surface area contributed by atoms with Gasteiger partial charge < -0.3 is 10.3 Å². The minimum absolute atomic E-state index is 0.232. The van der Waals surface area contributed by atoms with E-state index in [9.17, 15) is 4.39 Å². The largest absolute Gasteiger partial charge is 0.381 e. The van der Waals surface area contributed by atoms with Crippen molar-refractivity contribution in [1.29, 1.82) is 0 Å². The first-order valence-electron chi connectivity index (χ1n) is 6.49. The fourth-order valence-corrected chi connectivity index (χ4v) is 2.44. The van der Waals surface area contributed by atoms with Crippen molar-refractivity contribution < 1.29 is 4.39 Å². The minimum Gasteiger partial charge on any atom is -0.381 e. The molecule has 3 nitrogen and oxygen atoms in total. The number of hydrogen-bond donors (Lipinski definition) is 2. The van der Waals surface area contributed by atoms with Crippen molar-refractivity contribution in [3.63, 3.8) is 0 Å². The monoisotopic (exact) mass is 345 g/mol. The second-order valence-corrected chi connectivity index (χ2v) is 5.49. The number of hydrogen-bond acceptors (Lipinski definition) is 2. The number of aromatic nitrogens is 2. The van der Waals surface area contributed by atoms with Gasteiger partial charge in [-0.15, -0.1) is 0 Å². The lowest BCUT2D eigenvalue weighted by Crippen LogP contribution is -2.00. The molecule has 0 amide bonds. The standard InChI is InChI=1S/C16H13BrFN3/c17-15-6-3-13(18)7-12(15)8-20-14-4-1-11(2-5-14)16-9-19-10-21-16/h1-7,9-10,20H,8H2,(H,19,21).